The Morgan fingerprint density at radius 3 is 2.62 bits per heavy atom. The number of rotatable bonds is 4. The minimum atomic E-state index is -0.240. The summed E-state index contributed by atoms with van der Waals surface area (Å²) in [7, 11) is 2.10. The number of aromatic nitrogens is 1. The lowest BCUT2D eigenvalue weighted by atomic mass is 10.0. The first kappa shape index (κ1) is 16.5. The van der Waals surface area contributed by atoms with Gasteiger partial charge in [0.15, 0.2) is 6.29 Å². The zero-order valence-corrected chi connectivity index (χ0v) is 13.7. The van der Waals surface area contributed by atoms with Gasteiger partial charge < -0.3 is 10.6 Å². The van der Waals surface area contributed by atoms with E-state index in [2.05, 4.69) is 21.8 Å². The van der Waals surface area contributed by atoms with E-state index in [1.165, 1.54) is 6.07 Å². The van der Waals surface area contributed by atoms with Gasteiger partial charge in [0.1, 0.15) is 11.6 Å². The molecule has 1 fully saturated rings. The minimum Gasteiger partial charge on any atom is -0.383 e. The molecule has 0 radical (unpaired) electrons. The number of benzene rings is 1. The van der Waals surface area contributed by atoms with Crippen molar-refractivity contribution in [3.63, 3.8) is 0 Å². The predicted octanol–water partition coefficient (Wildman–Crippen LogP) is 2.03. The highest BCUT2D eigenvalue weighted by Crippen LogP contribution is 2.24. The van der Waals surface area contributed by atoms with E-state index in [0.717, 1.165) is 26.2 Å². The van der Waals surface area contributed by atoms with Gasteiger partial charge in [-0.05, 0) is 24.7 Å². The van der Waals surface area contributed by atoms with Gasteiger partial charge in [-0.15, -0.1) is 0 Å². The van der Waals surface area contributed by atoms with E-state index >= 15 is 0 Å². The van der Waals surface area contributed by atoms with Crippen LogP contribution in [0, 0.1) is 5.82 Å². The van der Waals surface area contributed by atoms with Gasteiger partial charge in [0.05, 0.1) is 5.56 Å². The molecule has 0 amide bonds. The lowest BCUT2D eigenvalue weighted by Crippen LogP contribution is -2.44. The van der Waals surface area contributed by atoms with Crippen LogP contribution in [-0.2, 0) is 6.54 Å². The van der Waals surface area contributed by atoms with Crippen LogP contribution in [0.1, 0.15) is 15.9 Å². The highest BCUT2D eigenvalue weighted by molar-refractivity contribution is 5.84. The number of pyridine rings is 1. The van der Waals surface area contributed by atoms with Crippen LogP contribution in [0.15, 0.2) is 30.5 Å². The first-order valence-corrected chi connectivity index (χ1v) is 7.97. The fraction of sp³-hybridized carbons (Fsp3) is 0.333. The normalized spacial score (nSPS) is 16.2. The maximum atomic E-state index is 14.5. The predicted molar refractivity (Wildman–Crippen MR) is 92.2 cm³/mol. The van der Waals surface area contributed by atoms with Crippen LogP contribution in [0.2, 0.25) is 0 Å². The Bertz CT molecular complexity index is 742. The van der Waals surface area contributed by atoms with Crippen molar-refractivity contribution in [2.45, 2.75) is 6.54 Å². The molecular weight excluding hydrogens is 307 g/mol. The van der Waals surface area contributed by atoms with Gasteiger partial charge in [0.2, 0.25) is 0 Å². The van der Waals surface area contributed by atoms with E-state index in [9.17, 15) is 9.18 Å². The van der Waals surface area contributed by atoms with E-state index in [4.69, 9.17) is 5.73 Å². The first-order valence-electron chi connectivity index (χ1n) is 7.97. The number of nitrogens with two attached hydrogens (primary N) is 1. The number of halogens is 1. The summed E-state index contributed by atoms with van der Waals surface area (Å²) in [4.78, 5) is 19.5. The van der Waals surface area contributed by atoms with E-state index in [0.29, 0.717) is 35.1 Å². The van der Waals surface area contributed by atoms with Crippen molar-refractivity contribution >= 4 is 12.1 Å². The molecule has 0 atom stereocenters. The summed E-state index contributed by atoms with van der Waals surface area (Å²) >= 11 is 0. The molecule has 1 aliphatic heterocycles. The zero-order chi connectivity index (χ0) is 17.1. The molecular formula is C18H21FN4O. The molecule has 5 nitrogen and oxygen atoms in total. The quantitative estimate of drug-likeness (QED) is 0.870. The number of aldehydes is 1. The van der Waals surface area contributed by atoms with Crippen LogP contribution in [0.3, 0.4) is 0 Å². The summed E-state index contributed by atoms with van der Waals surface area (Å²) in [5.41, 5.74) is 7.98. The van der Waals surface area contributed by atoms with E-state index in [1.54, 1.807) is 18.3 Å². The number of piperazine rings is 1. The Labute approximate surface area is 140 Å². The molecule has 1 aromatic carbocycles. The van der Waals surface area contributed by atoms with Gasteiger partial charge in [-0.1, -0.05) is 12.1 Å². The van der Waals surface area contributed by atoms with Crippen LogP contribution in [0.25, 0.3) is 11.1 Å². The number of carbonyl (C=O) groups excluding carboxylic acids is 1. The summed E-state index contributed by atoms with van der Waals surface area (Å²) in [5.74, 6) is -0.0585. The molecule has 0 bridgehead atoms. The Morgan fingerprint density at radius 1 is 1.21 bits per heavy atom. The summed E-state index contributed by atoms with van der Waals surface area (Å²) in [6.45, 7) is 4.51. The number of carbonyl (C=O) groups is 1. The number of likely N-dealkylation sites (N-methyl/N-ethyl adjacent to an activating group) is 1. The van der Waals surface area contributed by atoms with E-state index < -0.39 is 0 Å². The molecule has 0 spiro atoms. The molecule has 2 N–H and O–H groups in total. The maximum Gasteiger partial charge on any atom is 0.153 e. The molecule has 2 aromatic rings. The Balaban J connectivity index is 1.78. The van der Waals surface area contributed by atoms with Crippen LogP contribution < -0.4 is 5.73 Å². The van der Waals surface area contributed by atoms with E-state index in [-0.39, 0.29) is 11.6 Å². The van der Waals surface area contributed by atoms with Gasteiger partial charge in [-0.25, -0.2) is 9.37 Å². The molecule has 1 aliphatic rings. The second-order valence-electron chi connectivity index (χ2n) is 6.20. The molecule has 1 saturated heterocycles. The topological polar surface area (TPSA) is 62.5 Å². The van der Waals surface area contributed by atoms with Crippen molar-refractivity contribution in [2.24, 2.45) is 0 Å². The Hall–Kier alpha value is -2.31. The molecule has 2 heterocycles. The molecule has 0 unspecified atom stereocenters. The summed E-state index contributed by atoms with van der Waals surface area (Å²) in [6, 6.07) is 6.79. The highest BCUT2D eigenvalue weighted by atomic mass is 19.1. The van der Waals surface area contributed by atoms with Crippen molar-refractivity contribution in [3.05, 3.63) is 47.4 Å². The minimum absolute atomic E-state index is 0.181. The molecule has 126 valence electrons. The van der Waals surface area contributed by atoms with Gasteiger partial charge >= 0.3 is 0 Å². The van der Waals surface area contributed by atoms with Gasteiger partial charge in [0.25, 0.3) is 0 Å². The summed E-state index contributed by atoms with van der Waals surface area (Å²) < 4.78 is 14.5. The smallest absolute Gasteiger partial charge is 0.153 e. The standard InChI is InChI=1S/C18H21FN4O/c1-22-4-6-23(7-5-22)11-14-3-2-13(9-17(14)19)15-8-16(12-24)18(20)21-10-15/h2-3,8-10,12H,4-7,11H2,1H3,(H2,20,21). The Kier molecular flexibility index (Phi) is 4.87. The molecule has 24 heavy (non-hydrogen) atoms. The lowest BCUT2D eigenvalue weighted by Gasteiger charge is -2.32. The maximum absolute atomic E-state index is 14.5. The third-order valence-corrected chi connectivity index (χ3v) is 4.45. The third-order valence-electron chi connectivity index (χ3n) is 4.45. The first-order chi connectivity index (χ1) is 11.6. The van der Waals surface area contributed by atoms with Crippen molar-refractivity contribution in [1.29, 1.82) is 0 Å². The zero-order valence-electron chi connectivity index (χ0n) is 13.7. The van der Waals surface area contributed by atoms with Crippen LogP contribution >= 0.6 is 0 Å². The van der Waals surface area contributed by atoms with E-state index in [1.807, 2.05) is 6.07 Å². The largest absolute Gasteiger partial charge is 0.383 e. The number of nitrogens with zero attached hydrogens (tertiary/aromatic N) is 3. The second kappa shape index (κ2) is 7.07. The SMILES string of the molecule is CN1CCN(Cc2ccc(-c3cnc(N)c(C=O)c3)cc2F)CC1. The van der Waals surface area contributed by atoms with Crippen molar-refractivity contribution in [1.82, 2.24) is 14.8 Å². The number of nitrogen functional groups attached to an aromatic ring is 1. The van der Waals surface area contributed by atoms with Gasteiger partial charge in [-0.3, -0.25) is 9.69 Å². The lowest BCUT2D eigenvalue weighted by molar-refractivity contribution is 0.112. The molecule has 6 heteroatoms. The third kappa shape index (κ3) is 3.60. The number of hydrogen-bond acceptors (Lipinski definition) is 5. The molecule has 1 aromatic heterocycles. The average Bonchev–Trinajstić information content (AvgIpc) is 2.59. The molecule has 0 aliphatic carbocycles. The molecule has 0 saturated carbocycles. The summed E-state index contributed by atoms with van der Waals surface area (Å²) in [5, 5.41) is 0. The van der Waals surface area contributed by atoms with Crippen molar-refractivity contribution in [2.75, 3.05) is 39.0 Å². The average molecular weight is 328 g/mol. The van der Waals surface area contributed by atoms with Crippen LogP contribution in [0.4, 0.5) is 10.2 Å². The number of hydrogen-bond donors (Lipinski definition) is 1. The van der Waals surface area contributed by atoms with Gasteiger partial charge in [0, 0.05) is 50.0 Å². The fourth-order valence-electron chi connectivity index (χ4n) is 2.85. The highest BCUT2D eigenvalue weighted by Gasteiger charge is 2.16. The van der Waals surface area contributed by atoms with Crippen molar-refractivity contribution < 1.29 is 9.18 Å². The monoisotopic (exact) mass is 328 g/mol. The van der Waals surface area contributed by atoms with Gasteiger partial charge in [-0.2, -0.15) is 0 Å². The van der Waals surface area contributed by atoms with Crippen LogP contribution in [0.5, 0.6) is 0 Å². The van der Waals surface area contributed by atoms with Crippen LogP contribution in [-0.4, -0.2) is 54.3 Å². The Morgan fingerprint density at radius 2 is 1.96 bits per heavy atom. The number of anilines is 1. The summed E-state index contributed by atoms with van der Waals surface area (Å²) in [6.07, 6.45) is 2.21. The molecule has 3 rings (SSSR count). The second-order valence-corrected chi connectivity index (χ2v) is 6.20. The van der Waals surface area contributed by atoms with Crippen molar-refractivity contribution in [3.8, 4) is 11.1 Å². The fourth-order valence-corrected chi connectivity index (χ4v) is 2.85.